The van der Waals surface area contributed by atoms with E-state index in [1.807, 2.05) is 28.0 Å². The van der Waals surface area contributed by atoms with E-state index in [0.29, 0.717) is 19.0 Å². The summed E-state index contributed by atoms with van der Waals surface area (Å²) < 4.78 is 5.79. The van der Waals surface area contributed by atoms with E-state index in [9.17, 15) is 9.59 Å². The molecule has 0 aromatic heterocycles. The highest BCUT2D eigenvalue weighted by Crippen LogP contribution is 2.33. The second-order valence-electron chi connectivity index (χ2n) is 8.21. The number of hydrogen-bond donors (Lipinski definition) is 0. The van der Waals surface area contributed by atoms with Crippen molar-refractivity contribution in [2.45, 2.75) is 51.2 Å². The molecule has 3 aliphatic rings. The Bertz CT molecular complexity index is 645. The van der Waals surface area contributed by atoms with Gasteiger partial charge in [0.2, 0.25) is 11.8 Å². The summed E-state index contributed by atoms with van der Waals surface area (Å²) in [6, 6.07) is 10.2. The summed E-state index contributed by atoms with van der Waals surface area (Å²) >= 11 is 0. The quantitative estimate of drug-likeness (QED) is 0.774. The molecular weight excluding hydrogens is 340 g/mol. The van der Waals surface area contributed by atoms with Crippen LogP contribution in [0.3, 0.4) is 0 Å². The van der Waals surface area contributed by atoms with E-state index in [4.69, 9.17) is 4.74 Å². The Kier molecular flexibility index (Phi) is 5.77. The first kappa shape index (κ1) is 18.5. The zero-order chi connectivity index (χ0) is 18.6. The Labute approximate surface area is 161 Å². The van der Waals surface area contributed by atoms with Gasteiger partial charge in [-0.25, -0.2) is 0 Å². The zero-order valence-corrected chi connectivity index (χ0v) is 16.0. The third-order valence-corrected chi connectivity index (χ3v) is 6.06. The molecular formula is C22H30N2O3. The summed E-state index contributed by atoms with van der Waals surface area (Å²) in [6.07, 6.45) is 5.94. The highest BCUT2D eigenvalue weighted by molar-refractivity contribution is 5.82. The van der Waals surface area contributed by atoms with E-state index < -0.39 is 0 Å². The minimum atomic E-state index is 0.0263. The molecule has 2 amide bonds. The molecule has 1 aliphatic carbocycles. The third-order valence-electron chi connectivity index (χ3n) is 6.06. The molecule has 1 aromatic carbocycles. The molecule has 5 nitrogen and oxygen atoms in total. The number of likely N-dealkylation sites (tertiary alicyclic amines) is 1. The highest BCUT2D eigenvalue weighted by atomic mass is 16.5. The Morgan fingerprint density at radius 1 is 1.00 bits per heavy atom. The van der Waals surface area contributed by atoms with Crippen molar-refractivity contribution < 1.29 is 14.3 Å². The molecule has 0 spiro atoms. The molecule has 1 atom stereocenters. The van der Waals surface area contributed by atoms with Gasteiger partial charge in [0.15, 0.2) is 0 Å². The number of rotatable bonds is 6. The van der Waals surface area contributed by atoms with Crippen LogP contribution in [0.4, 0.5) is 0 Å². The van der Waals surface area contributed by atoms with Crippen molar-refractivity contribution in [2.24, 2.45) is 11.8 Å². The van der Waals surface area contributed by atoms with Gasteiger partial charge in [-0.3, -0.25) is 9.59 Å². The van der Waals surface area contributed by atoms with Gasteiger partial charge in [0.1, 0.15) is 0 Å². The third kappa shape index (κ3) is 4.70. The molecule has 1 saturated carbocycles. The van der Waals surface area contributed by atoms with Crippen LogP contribution in [0.25, 0.3) is 0 Å². The van der Waals surface area contributed by atoms with Crippen LogP contribution < -0.4 is 0 Å². The van der Waals surface area contributed by atoms with Crippen LogP contribution in [-0.4, -0.2) is 54.0 Å². The van der Waals surface area contributed by atoms with Crippen molar-refractivity contribution in [1.82, 2.24) is 9.80 Å². The molecule has 27 heavy (non-hydrogen) atoms. The number of piperidine rings is 1. The molecule has 3 fully saturated rings. The predicted molar refractivity (Wildman–Crippen MR) is 103 cm³/mol. The van der Waals surface area contributed by atoms with Crippen LogP contribution in [0, 0.1) is 11.8 Å². The Morgan fingerprint density at radius 2 is 1.74 bits per heavy atom. The van der Waals surface area contributed by atoms with E-state index in [2.05, 4.69) is 12.1 Å². The van der Waals surface area contributed by atoms with Crippen LogP contribution in [-0.2, 0) is 20.9 Å². The average Bonchev–Trinajstić information content (AvgIpc) is 3.44. The van der Waals surface area contributed by atoms with E-state index in [0.717, 1.165) is 63.8 Å². The van der Waals surface area contributed by atoms with E-state index in [-0.39, 0.29) is 23.8 Å². The van der Waals surface area contributed by atoms with Crippen LogP contribution in [0.2, 0.25) is 0 Å². The van der Waals surface area contributed by atoms with Gasteiger partial charge in [-0.05, 0) is 44.1 Å². The number of benzene rings is 1. The van der Waals surface area contributed by atoms with Gasteiger partial charge in [-0.15, -0.1) is 0 Å². The van der Waals surface area contributed by atoms with Crippen LogP contribution in [0.15, 0.2) is 30.3 Å². The lowest BCUT2D eigenvalue weighted by Crippen LogP contribution is -2.46. The lowest BCUT2D eigenvalue weighted by molar-refractivity contribution is -0.142. The lowest BCUT2D eigenvalue weighted by atomic mass is 9.94. The summed E-state index contributed by atoms with van der Waals surface area (Å²) in [5.74, 6) is 0.832. The number of ether oxygens (including phenoxy) is 1. The van der Waals surface area contributed by atoms with Crippen molar-refractivity contribution in [3.8, 4) is 0 Å². The molecule has 5 heteroatoms. The smallest absolute Gasteiger partial charge is 0.226 e. The number of carbonyl (C=O) groups is 2. The van der Waals surface area contributed by atoms with Gasteiger partial charge in [0.25, 0.3) is 0 Å². The summed E-state index contributed by atoms with van der Waals surface area (Å²) in [7, 11) is 0. The van der Waals surface area contributed by atoms with Crippen molar-refractivity contribution in [3.63, 3.8) is 0 Å². The standard InChI is InChI=1S/C22H30N2O3/c25-21(18-8-9-18)23-12-10-19(11-13-23)22(26)24(16-20-7-4-14-27-20)15-17-5-2-1-3-6-17/h1-3,5-6,18-20H,4,7-16H2. The number of hydrogen-bond acceptors (Lipinski definition) is 3. The fraction of sp³-hybridized carbons (Fsp3) is 0.636. The summed E-state index contributed by atoms with van der Waals surface area (Å²) in [4.78, 5) is 29.5. The van der Waals surface area contributed by atoms with Crippen LogP contribution in [0.1, 0.15) is 44.1 Å². The molecule has 0 N–H and O–H groups in total. The van der Waals surface area contributed by atoms with E-state index in [1.54, 1.807) is 0 Å². The number of nitrogens with zero attached hydrogens (tertiary/aromatic N) is 2. The van der Waals surface area contributed by atoms with Crippen LogP contribution >= 0.6 is 0 Å². The van der Waals surface area contributed by atoms with Gasteiger partial charge < -0.3 is 14.5 Å². The molecule has 0 bridgehead atoms. The second-order valence-corrected chi connectivity index (χ2v) is 8.21. The first-order valence-corrected chi connectivity index (χ1v) is 10.4. The van der Waals surface area contributed by atoms with Gasteiger partial charge in [0, 0.05) is 44.6 Å². The summed E-state index contributed by atoms with van der Waals surface area (Å²) in [5, 5.41) is 0. The Balaban J connectivity index is 1.37. The average molecular weight is 370 g/mol. The molecule has 1 aromatic rings. The SMILES string of the molecule is O=C(C1CC1)N1CCC(C(=O)N(Cc2ccccc2)CC2CCCO2)CC1. The van der Waals surface area contributed by atoms with Crippen molar-refractivity contribution in [1.29, 1.82) is 0 Å². The topological polar surface area (TPSA) is 49.9 Å². The predicted octanol–water partition coefficient (Wildman–Crippen LogP) is 2.84. The van der Waals surface area contributed by atoms with Gasteiger partial charge in [0.05, 0.1) is 6.10 Å². The molecule has 4 rings (SSSR count). The Hall–Kier alpha value is -1.88. The van der Waals surface area contributed by atoms with Crippen molar-refractivity contribution in [3.05, 3.63) is 35.9 Å². The monoisotopic (exact) mass is 370 g/mol. The minimum Gasteiger partial charge on any atom is -0.376 e. The van der Waals surface area contributed by atoms with Crippen molar-refractivity contribution >= 4 is 11.8 Å². The molecule has 0 radical (unpaired) electrons. The van der Waals surface area contributed by atoms with Gasteiger partial charge in [-0.2, -0.15) is 0 Å². The second kappa shape index (κ2) is 8.42. The molecule has 2 aliphatic heterocycles. The first-order chi connectivity index (χ1) is 13.2. The number of amides is 2. The molecule has 2 heterocycles. The fourth-order valence-electron chi connectivity index (χ4n) is 4.26. The maximum absolute atomic E-state index is 13.3. The summed E-state index contributed by atoms with van der Waals surface area (Å²) in [5.41, 5.74) is 1.16. The fourth-order valence-corrected chi connectivity index (χ4v) is 4.26. The lowest BCUT2D eigenvalue weighted by Gasteiger charge is -2.35. The molecule has 1 unspecified atom stereocenters. The normalized spacial score (nSPS) is 23.4. The van der Waals surface area contributed by atoms with Gasteiger partial charge >= 0.3 is 0 Å². The van der Waals surface area contributed by atoms with Crippen molar-refractivity contribution in [2.75, 3.05) is 26.2 Å². The minimum absolute atomic E-state index is 0.0263. The van der Waals surface area contributed by atoms with E-state index >= 15 is 0 Å². The number of carbonyl (C=O) groups excluding carboxylic acids is 2. The molecule has 146 valence electrons. The summed E-state index contributed by atoms with van der Waals surface area (Å²) in [6.45, 7) is 3.57. The first-order valence-electron chi connectivity index (χ1n) is 10.4. The van der Waals surface area contributed by atoms with Gasteiger partial charge in [-0.1, -0.05) is 30.3 Å². The Morgan fingerprint density at radius 3 is 2.37 bits per heavy atom. The van der Waals surface area contributed by atoms with E-state index in [1.165, 1.54) is 0 Å². The molecule has 2 saturated heterocycles. The maximum Gasteiger partial charge on any atom is 0.226 e. The van der Waals surface area contributed by atoms with Crippen LogP contribution in [0.5, 0.6) is 0 Å². The highest BCUT2D eigenvalue weighted by Gasteiger charge is 2.37. The zero-order valence-electron chi connectivity index (χ0n) is 16.0. The maximum atomic E-state index is 13.3. The largest absolute Gasteiger partial charge is 0.376 e.